The molecule has 4 rings (SSSR count). The van der Waals surface area contributed by atoms with Gasteiger partial charge in [0.15, 0.2) is 12.6 Å². The monoisotopic (exact) mass is 411 g/mol. The molecule has 2 aromatic rings. The molecule has 2 aliphatic rings. The summed E-state index contributed by atoms with van der Waals surface area (Å²) in [5.41, 5.74) is 0.837. The highest BCUT2D eigenvalue weighted by atomic mass is 16.5. The van der Waals surface area contributed by atoms with Gasteiger partial charge >= 0.3 is 0 Å². The molecule has 0 aliphatic carbocycles. The van der Waals surface area contributed by atoms with E-state index in [0.717, 1.165) is 61.4 Å². The lowest BCUT2D eigenvalue weighted by Gasteiger charge is -2.29. The molecular weight excluding hydrogens is 382 g/mol. The molecule has 0 spiro atoms. The smallest absolute Gasteiger partial charge is 0.265 e. The molecular formula is C21H29N7O2. The van der Waals surface area contributed by atoms with Crippen LogP contribution in [0.2, 0.25) is 0 Å². The van der Waals surface area contributed by atoms with E-state index in [1.807, 2.05) is 35.9 Å². The number of aryl methyl sites for hydroxylation is 2. The minimum absolute atomic E-state index is 0.0103. The van der Waals surface area contributed by atoms with Crippen molar-refractivity contribution in [3.05, 3.63) is 35.9 Å². The second-order valence-electron chi connectivity index (χ2n) is 7.55. The van der Waals surface area contributed by atoms with Crippen molar-refractivity contribution in [3.63, 3.8) is 0 Å². The van der Waals surface area contributed by atoms with Gasteiger partial charge in [0.05, 0.1) is 12.2 Å². The van der Waals surface area contributed by atoms with Crippen molar-refractivity contribution in [2.45, 2.75) is 45.7 Å². The van der Waals surface area contributed by atoms with Crippen LogP contribution in [0.1, 0.15) is 31.4 Å². The first-order chi connectivity index (χ1) is 14.6. The highest BCUT2D eigenvalue weighted by Gasteiger charge is 2.24. The molecule has 2 N–H and O–H groups in total. The summed E-state index contributed by atoms with van der Waals surface area (Å²) in [4.78, 5) is 23.3. The Balaban J connectivity index is 1.32. The van der Waals surface area contributed by atoms with E-state index in [1.54, 1.807) is 4.90 Å². The molecule has 1 atom stereocenters. The Hall–Kier alpha value is -3.10. The number of carbonyl (C=O) groups excluding carboxylic acids is 1. The van der Waals surface area contributed by atoms with Crippen molar-refractivity contribution in [1.29, 1.82) is 0 Å². The zero-order chi connectivity index (χ0) is 20.9. The van der Waals surface area contributed by atoms with E-state index in [9.17, 15) is 4.79 Å². The lowest BCUT2D eigenvalue weighted by molar-refractivity contribution is -0.121. The number of nitrogens with one attached hydrogen (secondary N) is 2. The molecule has 160 valence electrons. The van der Waals surface area contributed by atoms with Crippen molar-refractivity contribution >= 4 is 17.6 Å². The number of benzene rings is 1. The molecule has 1 aromatic carbocycles. The van der Waals surface area contributed by atoms with E-state index in [1.165, 1.54) is 0 Å². The van der Waals surface area contributed by atoms with E-state index >= 15 is 0 Å². The number of guanidine groups is 1. The van der Waals surface area contributed by atoms with E-state index in [2.05, 4.69) is 27.6 Å². The van der Waals surface area contributed by atoms with Crippen molar-refractivity contribution in [1.82, 2.24) is 25.4 Å². The van der Waals surface area contributed by atoms with Gasteiger partial charge in [-0.15, -0.1) is 0 Å². The summed E-state index contributed by atoms with van der Waals surface area (Å²) in [5, 5.41) is 11.3. The number of aliphatic imine (C=N–C) groups is 1. The van der Waals surface area contributed by atoms with Gasteiger partial charge in [0, 0.05) is 32.1 Å². The maximum atomic E-state index is 12.3. The summed E-state index contributed by atoms with van der Waals surface area (Å²) in [6.45, 7) is 6.91. The third-order valence-electron chi connectivity index (χ3n) is 5.27. The Morgan fingerprint density at radius 1 is 1.37 bits per heavy atom. The quantitative estimate of drug-likeness (QED) is 0.422. The fourth-order valence-corrected chi connectivity index (χ4v) is 3.88. The SMILES string of the molecule is CCNC(=NCCCN1C(=O)COc2ccccc21)NC1CCc2nc(C)nn2C1. The van der Waals surface area contributed by atoms with Gasteiger partial charge in [-0.2, -0.15) is 5.10 Å². The molecule has 0 saturated heterocycles. The topological polar surface area (TPSA) is 96.7 Å². The Bertz CT molecular complexity index is 924. The molecule has 3 heterocycles. The van der Waals surface area contributed by atoms with Gasteiger partial charge in [0.25, 0.3) is 5.91 Å². The van der Waals surface area contributed by atoms with Crippen LogP contribution in [0.4, 0.5) is 5.69 Å². The molecule has 0 bridgehead atoms. The van der Waals surface area contributed by atoms with E-state index in [0.29, 0.717) is 13.1 Å². The number of amides is 1. The van der Waals surface area contributed by atoms with Gasteiger partial charge in [-0.25, -0.2) is 9.67 Å². The number of rotatable bonds is 6. The fraction of sp³-hybridized carbons (Fsp3) is 0.524. The van der Waals surface area contributed by atoms with Crippen LogP contribution in [-0.2, 0) is 17.8 Å². The highest BCUT2D eigenvalue weighted by Crippen LogP contribution is 2.31. The summed E-state index contributed by atoms with van der Waals surface area (Å²) in [6.07, 6.45) is 2.69. The molecule has 9 heteroatoms. The second-order valence-corrected chi connectivity index (χ2v) is 7.55. The van der Waals surface area contributed by atoms with Crippen LogP contribution in [0.5, 0.6) is 5.75 Å². The normalized spacial score (nSPS) is 18.5. The number of ether oxygens (including phenoxy) is 1. The second kappa shape index (κ2) is 9.15. The Morgan fingerprint density at radius 2 is 2.23 bits per heavy atom. The van der Waals surface area contributed by atoms with Crippen molar-refractivity contribution < 1.29 is 9.53 Å². The average Bonchev–Trinajstić information content (AvgIpc) is 3.11. The number of nitrogens with zero attached hydrogens (tertiary/aromatic N) is 5. The molecule has 0 saturated carbocycles. The van der Waals surface area contributed by atoms with Gasteiger partial charge in [-0.3, -0.25) is 9.79 Å². The van der Waals surface area contributed by atoms with E-state index in [-0.39, 0.29) is 18.6 Å². The predicted molar refractivity (Wildman–Crippen MR) is 115 cm³/mol. The van der Waals surface area contributed by atoms with Crippen molar-refractivity contribution in [2.75, 3.05) is 31.1 Å². The molecule has 1 aromatic heterocycles. The molecule has 0 radical (unpaired) electrons. The molecule has 9 nitrogen and oxygen atoms in total. The van der Waals surface area contributed by atoms with Crippen LogP contribution in [-0.4, -0.2) is 58.9 Å². The number of carbonyl (C=O) groups is 1. The van der Waals surface area contributed by atoms with Gasteiger partial charge in [-0.05, 0) is 38.8 Å². The van der Waals surface area contributed by atoms with Crippen LogP contribution in [0.15, 0.2) is 29.3 Å². The maximum absolute atomic E-state index is 12.3. The minimum atomic E-state index is -0.0103. The third-order valence-corrected chi connectivity index (χ3v) is 5.27. The van der Waals surface area contributed by atoms with Gasteiger partial charge in [-0.1, -0.05) is 12.1 Å². The van der Waals surface area contributed by atoms with Crippen molar-refractivity contribution in [3.8, 4) is 5.75 Å². The van der Waals surface area contributed by atoms with Crippen LogP contribution < -0.4 is 20.3 Å². The molecule has 1 unspecified atom stereocenters. The van der Waals surface area contributed by atoms with Crippen LogP contribution >= 0.6 is 0 Å². The summed E-state index contributed by atoms with van der Waals surface area (Å²) in [6, 6.07) is 7.92. The minimum Gasteiger partial charge on any atom is -0.482 e. The van der Waals surface area contributed by atoms with Crippen LogP contribution in [0.25, 0.3) is 0 Å². The Morgan fingerprint density at radius 3 is 3.10 bits per heavy atom. The summed E-state index contributed by atoms with van der Waals surface area (Å²) < 4.78 is 7.49. The molecule has 1 amide bonds. The first-order valence-electron chi connectivity index (χ1n) is 10.6. The first kappa shape index (κ1) is 20.2. The zero-order valence-electron chi connectivity index (χ0n) is 17.6. The molecule has 30 heavy (non-hydrogen) atoms. The third kappa shape index (κ3) is 4.55. The number of anilines is 1. The fourth-order valence-electron chi connectivity index (χ4n) is 3.88. The summed E-state index contributed by atoms with van der Waals surface area (Å²) in [7, 11) is 0. The number of hydrogen-bond acceptors (Lipinski definition) is 5. The Labute approximate surface area is 176 Å². The standard InChI is InChI=1S/C21H29N7O2/c1-3-22-21(25-16-9-10-19-24-15(2)26-28(19)13-16)23-11-6-12-27-17-7-4-5-8-18(17)30-14-20(27)29/h4-5,7-8,16H,3,6,9-14H2,1-2H3,(H2,22,23,25). The molecule has 2 aliphatic heterocycles. The lowest BCUT2D eigenvalue weighted by Crippen LogP contribution is -2.47. The number of hydrogen-bond donors (Lipinski definition) is 2. The van der Waals surface area contributed by atoms with E-state index < -0.39 is 0 Å². The number of aromatic nitrogens is 3. The average molecular weight is 412 g/mol. The predicted octanol–water partition coefficient (Wildman–Crippen LogP) is 1.27. The van der Waals surface area contributed by atoms with Gasteiger partial charge in [0.2, 0.25) is 0 Å². The Kier molecular flexibility index (Phi) is 6.15. The summed E-state index contributed by atoms with van der Waals surface area (Å²) in [5.74, 6) is 3.43. The largest absolute Gasteiger partial charge is 0.482 e. The summed E-state index contributed by atoms with van der Waals surface area (Å²) >= 11 is 0. The first-order valence-corrected chi connectivity index (χ1v) is 10.6. The lowest BCUT2D eigenvalue weighted by atomic mass is 10.1. The zero-order valence-corrected chi connectivity index (χ0v) is 17.6. The number of para-hydroxylation sites is 2. The van der Waals surface area contributed by atoms with E-state index in [4.69, 9.17) is 9.73 Å². The maximum Gasteiger partial charge on any atom is 0.265 e. The van der Waals surface area contributed by atoms with Gasteiger partial charge < -0.3 is 20.3 Å². The van der Waals surface area contributed by atoms with Crippen LogP contribution in [0.3, 0.4) is 0 Å². The highest BCUT2D eigenvalue weighted by molar-refractivity contribution is 5.97. The number of fused-ring (bicyclic) bond motifs is 2. The van der Waals surface area contributed by atoms with Gasteiger partial charge in [0.1, 0.15) is 17.4 Å². The molecule has 0 fully saturated rings. The van der Waals surface area contributed by atoms with Crippen molar-refractivity contribution in [2.24, 2.45) is 4.99 Å². The van der Waals surface area contributed by atoms with Crippen LogP contribution in [0, 0.1) is 6.92 Å².